The maximum absolute atomic E-state index is 10.8. The number of carbonyl (C=O) groups is 1. The zero-order valence-electron chi connectivity index (χ0n) is 8.30. The molecule has 0 aromatic rings. The normalized spacial score (nSPS) is 53.4. The average Bonchev–Trinajstić information content (AvgIpc) is 2.70. The summed E-state index contributed by atoms with van der Waals surface area (Å²) in [5.74, 6) is -0.522. The number of aldehydes is 1. The Morgan fingerprint density at radius 2 is 1.93 bits per heavy atom. The lowest BCUT2D eigenvalue weighted by atomic mass is 9.86. The van der Waals surface area contributed by atoms with E-state index in [1.807, 2.05) is 13.8 Å². The Hall–Kier alpha value is -0.450. The summed E-state index contributed by atoms with van der Waals surface area (Å²) in [6.07, 6.45) is 1.74. The Bertz CT molecular complexity index is 275. The summed E-state index contributed by atoms with van der Waals surface area (Å²) in [7, 11) is 0. The second-order valence-electron chi connectivity index (χ2n) is 4.74. The first kappa shape index (κ1) is 8.83. The third-order valence-corrected chi connectivity index (χ3v) is 3.29. The lowest BCUT2D eigenvalue weighted by Crippen LogP contribution is -2.39. The van der Waals surface area contributed by atoms with Crippen LogP contribution >= 0.6 is 0 Å². The number of hydrogen-bond donors (Lipinski definition) is 0. The Kier molecular flexibility index (Phi) is 1.62. The van der Waals surface area contributed by atoms with Gasteiger partial charge in [-0.05, 0) is 20.3 Å². The van der Waals surface area contributed by atoms with E-state index in [1.165, 1.54) is 0 Å². The van der Waals surface area contributed by atoms with Crippen LogP contribution in [0.15, 0.2) is 0 Å². The molecule has 0 amide bonds. The minimum Gasteiger partial charge on any atom is -0.369 e. The van der Waals surface area contributed by atoms with E-state index in [1.54, 1.807) is 0 Å². The van der Waals surface area contributed by atoms with Gasteiger partial charge in [0.05, 0.1) is 12.2 Å². The van der Waals surface area contributed by atoms with E-state index >= 15 is 0 Å². The van der Waals surface area contributed by atoms with Gasteiger partial charge >= 0.3 is 0 Å². The number of rotatable bonds is 1. The van der Waals surface area contributed by atoms with Gasteiger partial charge in [0.25, 0.3) is 0 Å². The maximum Gasteiger partial charge on any atom is 0.164 e. The van der Waals surface area contributed by atoms with Gasteiger partial charge in [-0.2, -0.15) is 0 Å². The monoisotopic (exact) mass is 198 g/mol. The van der Waals surface area contributed by atoms with Crippen molar-refractivity contribution in [1.29, 1.82) is 0 Å². The maximum atomic E-state index is 10.8. The van der Waals surface area contributed by atoms with Gasteiger partial charge in [-0.25, -0.2) is 0 Å². The van der Waals surface area contributed by atoms with Gasteiger partial charge < -0.3 is 19.0 Å². The van der Waals surface area contributed by atoms with Crippen LogP contribution in [0.4, 0.5) is 0 Å². The molecule has 0 radical (unpaired) electrons. The number of carbonyl (C=O) groups excluding carboxylic acids is 1. The zero-order valence-corrected chi connectivity index (χ0v) is 8.30. The fraction of sp³-hybridized carbons (Fsp3) is 0.900. The number of ether oxygens (including phenoxy) is 3. The molecule has 0 aliphatic carbocycles. The molecule has 0 aromatic carbocycles. The summed E-state index contributed by atoms with van der Waals surface area (Å²) in [5, 5.41) is 0. The minimum atomic E-state index is -0.520. The Morgan fingerprint density at radius 3 is 2.64 bits per heavy atom. The molecule has 4 heteroatoms. The molecule has 4 nitrogen and oxygen atoms in total. The topological polar surface area (TPSA) is 44.8 Å². The van der Waals surface area contributed by atoms with E-state index in [9.17, 15) is 4.79 Å². The van der Waals surface area contributed by atoms with Crippen LogP contribution in [0, 0.1) is 5.92 Å². The third kappa shape index (κ3) is 1.02. The first-order chi connectivity index (χ1) is 6.61. The van der Waals surface area contributed by atoms with E-state index in [0.29, 0.717) is 0 Å². The fourth-order valence-electron chi connectivity index (χ4n) is 2.79. The van der Waals surface area contributed by atoms with Crippen molar-refractivity contribution in [2.75, 3.05) is 0 Å². The molecule has 5 atom stereocenters. The second kappa shape index (κ2) is 2.56. The van der Waals surface area contributed by atoms with Gasteiger partial charge in [-0.15, -0.1) is 0 Å². The SMILES string of the molecule is CC1(C)O[C@H]2[C@@H](O1)[C@@H]1C[C@@H](C=O)[C@H]2O1. The summed E-state index contributed by atoms with van der Waals surface area (Å²) >= 11 is 0. The minimum absolute atomic E-state index is 0.00116. The molecule has 0 saturated carbocycles. The van der Waals surface area contributed by atoms with Crippen LogP contribution in [-0.4, -0.2) is 36.5 Å². The van der Waals surface area contributed by atoms with Crippen molar-refractivity contribution in [3.8, 4) is 0 Å². The Labute approximate surface area is 82.5 Å². The molecule has 0 unspecified atom stereocenters. The highest BCUT2D eigenvalue weighted by molar-refractivity contribution is 5.56. The van der Waals surface area contributed by atoms with Crippen molar-refractivity contribution in [2.24, 2.45) is 5.92 Å². The van der Waals surface area contributed by atoms with E-state index in [0.717, 1.165) is 12.7 Å². The molecular formula is C10H14O4. The third-order valence-electron chi connectivity index (χ3n) is 3.29. The molecule has 3 aliphatic rings. The van der Waals surface area contributed by atoms with Gasteiger partial charge in [-0.3, -0.25) is 0 Å². The molecule has 78 valence electrons. The van der Waals surface area contributed by atoms with Crippen molar-refractivity contribution >= 4 is 6.29 Å². The van der Waals surface area contributed by atoms with Crippen LogP contribution in [0.1, 0.15) is 20.3 Å². The highest BCUT2D eigenvalue weighted by Crippen LogP contribution is 2.47. The molecule has 0 N–H and O–H groups in total. The van der Waals surface area contributed by atoms with Gasteiger partial charge in [0, 0.05) is 5.92 Å². The zero-order chi connectivity index (χ0) is 9.92. The van der Waals surface area contributed by atoms with Crippen molar-refractivity contribution in [3.63, 3.8) is 0 Å². The van der Waals surface area contributed by atoms with Crippen LogP contribution in [0.5, 0.6) is 0 Å². The summed E-state index contributed by atoms with van der Waals surface area (Å²) in [6.45, 7) is 3.81. The standard InChI is InChI=1S/C10H14O4/c1-10(2)13-8-6-3-5(4-11)7(12-6)9(8)14-10/h4-9H,3H2,1-2H3/t5-,6-,7+,8-,9+/m0/s1. The molecule has 3 fully saturated rings. The molecule has 3 saturated heterocycles. The summed E-state index contributed by atoms with van der Waals surface area (Å²) in [6, 6.07) is 0. The molecule has 3 heterocycles. The van der Waals surface area contributed by atoms with E-state index in [2.05, 4.69) is 0 Å². The van der Waals surface area contributed by atoms with Crippen LogP contribution in [0.25, 0.3) is 0 Å². The van der Waals surface area contributed by atoms with E-state index < -0.39 is 5.79 Å². The van der Waals surface area contributed by atoms with Gasteiger partial charge in [0.1, 0.15) is 18.5 Å². The quantitative estimate of drug-likeness (QED) is 0.575. The van der Waals surface area contributed by atoms with Crippen LogP contribution < -0.4 is 0 Å². The van der Waals surface area contributed by atoms with Crippen molar-refractivity contribution in [3.05, 3.63) is 0 Å². The Balaban J connectivity index is 1.85. The number of hydrogen-bond acceptors (Lipinski definition) is 4. The predicted molar refractivity (Wildman–Crippen MR) is 46.7 cm³/mol. The number of fused-ring (bicyclic) bond motifs is 5. The average molecular weight is 198 g/mol. The van der Waals surface area contributed by atoms with Crippen molar-refractivity contribution < 1.29 is 19.0 Å². The first-order valence-electron chi connectivity index (χ1n) is 5.07. The predicted octanol–water partition coefficient (Wildman–Crippen LogP) is 0.493. The van der Waals surface area contributed by atoms with Crippen LogP contribution in [-0.2, 0) is 19.0 Å². The molecule has 14 heavy (non-hydrogen) atoms. The molecule has 3 aliphatic heterocycles. The molecule has 0 aromatic heterocycles. The summed E-state index contributed by atoms with van der Waals surface area (Å²) in [5.41, 5.74) is 0. The lowest BCUT2D eigenvalue weighted by molar-refractivity contribution is -0.178. The fourth-order valence-corrected chi connectivity index (χ4v) is 2.79. The largest absolute Gasteiger partial charge is 0.369 e. The molecular weight excluding hydrogens is 184 g/mol. The van der Waals surface area contributed by atoms with Crippen molar-refractivity contribution in [2.45, 2.75) is 50.5 Å². The summed E-state index contributed by atoms with van der Waals surface area (Å²) in [4.78, 5) is 10.8. The summed E-state index contributed by atoms with van der Waals surface area (Å²) < 4.78 is 17.1. The van der Waals surface area contributed by atoms with Gasteiger partial charge in [-0.1, -0.05) is 0 Å². The Morgan fingerprint density at radius 1 is 1.21 bits per heavy atom. The van der Waals surface area contributed by atoms with Gasteiger partial charge in [0.2, 0.25) is 0 Å². The van der Waals surface area contributed by atoms with Crippen LogP contribution in [0.3, 0.4) is 0 Å². The van der Waals surface area contributed by atoms with Crippen molar-refractivity contribution in [1.82, 2.24) is 0 Å². The molecule has 2 bridgehead atoms. The highest BCUT2D eigenvalue weighted by atomic mass is 16.8. The van der Waals surface area contributed by atoms with E-state index in [4.69, 9.17) is 14.2 Å². The second-order valence-corrected chi connectivity index (χ2v) is 4.74. The highest BCUT2D eigenvalue weighted by Gasteiger charge is 2.61. The van der Waals surface area contributed by atoms with E-state index in [-0.39, 0.29) is 30.3 Å². The lowest BCUT2D eigenvalue weighted by Gasteiger charge is -2.21. The smallest absolute Gasteiger partial charge is 0.164 e. The molecule has 0 spiro atoms. The molecule has 3 rings (SSSR count). The van der Waals surface area contributed by atoms with Crippen LogP contribution in [0.2, 0.25) is 0 Å². The first-order valence-corrected chi connectivity index (χ1v) is 5.07. The van der Waals surface area contributed by atoms with Gasteiger partial charge in [0.15, 0.2) is 5.79 Å².